The lowest BCUT2D eigenvalue weighted by Gasteiger charge is -2.18. The van der Waals surface area contributed by atoms with E-state index in [0.29, 0.717) is 45.4 Å². The number of ether oxygens (including phenoxy) is 3. The first-order valence-corrected chi connectivity index (χ1v) is 11.0. The Morgan fingerprint density at radius 3 is 2.25 bits per heavy atom. The molecule has 0 saturated carbocycles. The Balaban J connectivity index is 2.12. The largest absolute Gasteiger partial charge is 0.493 e. The fraction of sp³-hybridized carbons (Fsp3) is 0.292. The Hall–Kier alpha value is -3.39. The number of hydrogen-bond donors (Lipinski definition) is 0. The molecule has 166 valence electrons. The number of aromatic nitrogens is 2. The van der Waals surface area contributed by atoms with Crippen molar-refractivity contribution < 1.29 is 14.2 Å². The summed E-state index contributed by atoms with van der Waals surface area (Å²) in [5.41, 5.74) is -0.00721. The van der Waals surface area contributed by atoms with Crippen molar-refractivity contribution in [2.24, 2.45) is 5.92 Å². The van der Waals surface area contributed by atoms with E-state index in [1.165, 1.54) is 32.7 Å². The molecule has 4 aromatic rings. The van der Waals surface area contributed by atoms with Gasteiger partial charge in [0.25, 0.3) is 5.56 Å². The van der Waals surface area contributed by atoms with Crippen LogP contribution in [-0.2, 0) is 6.54 Å². The number of benzene rings is 2. The number of fused-ring (bicyclic) bond motifs is 2. The maximum atomic E-state index is 13.6. The highest BCUT2D eigenvalue weighted by molar-refractivity contribution is 7.24. The molecular formula is C24H24N2O5S. The van der Waals surface area contributed by atoms with E-state index in [4.69, 9.17) is 19.2 Å². The molecule has 0 atom stereocenters. The van der Waals surface area contributed by atoms with Gasteiger partial charge in [0.2, 0.25) is 11.2 Å². The maximum absolute atomic E-state index is 13.6. The second-order valence-electron chi connectivity index (χ2n) is 7.77. The molecule has 0 saturated heterocycles. The molecule has 0 spiro atoms. The molecule has 0 radical (unpaired) electrons. The summed E-state index contributed by atoms with van der Waals surface area (Å²) in [7, 11) is 4.60. The van der Waals surface area contributed by atoms with Crippen LogP contribution in [0.15, 0.2) is 46.0 Å². The minimum atomic E-state index is -0.348. The van der Waals surface area contributed by atoms with Crippen molar-refractivity contribution in [2.45, 2.75) is 20.4 Å². The number of rotatable bonds is 6. The third-order valence-electron chi connectivity index (χ3n) is 5.17. The topological polar surface area (TPSA) is 79.7 Å². The van der Waals surface area contributed by atoms with E-state index >= 15 is 0 Å². The standard InChI is InChI=1S/C24H24N2O5S/c1-13(2)12-26-22(14-10-16(29-3)21(31-5)17(11-14)30-4)25-23-19(24(26)28)20(27)15-8-6-7-9-18(15)32-23/h6-11,13H,12H2,1-5H3. The Bertz CT molecular complexity index is 1410. The van der Waals surface area contributed by atoms with Gasteiger partial charge in [-0.25, -0.2) is 4.98 Å². The first kappa shape index (κ1) is 21.8. The molecule has 4 rings (SSSR count). The highest BCUT2D eigenvalue weighted by Gasteiger charge is 2.21. The second kappa shape index (κ2) is 8.63. The molecule has 2 heterocycles. The summed E-state index contributed by atoms with van der Waals surface area (Å²) in [6.07, 6.45) is 0. The summed E-state index contributed by atoms with van der Waals surface area (Å²) in [6.45, 7) is 4.43. The fourth-order valence-electron chi connectivity index (χ4n) is 3.75. The quantitative estimate of drug-likeness (QED) is 0.406. The molecule has 0 aliphatic carbocycles. The van der Waals surface area contributed by atoms with Crippen molar-refractivity contribution in [3.8, 4) is 28.6 Å². The van der Waals surface area contributed by atoms with E-state index in [1.54, 1.807) is 28.8 Å². The van der Waals surface area contributed by atoms with Gasteiger partial charge in [0, 0.05) is 22.2 Å². The van der Waals surface area contributed by atoms with E-state index in [9.17, 15) is 9.59 Å². The summed E-state index contributed by atoms with van der Waals surface area (Å²) in [4.78, 5) is 32.0. The summed E-state index contributed by atoms with van der Waals surface area (Å²) in [6, 6.07) is 10.8. The van der Waals surface area contributed by atoms with Crippen LogP contribution in [0.1, 0.15) is 13.8 Å². The van der Waals surface area contributed by atoms with Crippen LogP contribution in [0, 0.1) is 5.92 Å². The van der Waals surface area contributed by atoms with Gasteiger partial charge in [0.05, 0.1) is 21.3 Å². The second-order valence-corrected chi connectivity index (χ2v) is 8.80. The zero-order valence-electron chi connectivity index (χ0n) is 18.6. The number of methoxy groups -OCH3 is 3. The van der Waals surface area contributed by atoms with Crippen molar-refractivity contribution in [3.05, 3.63) is 57.0 Å². The molecule has 0 aliphatic rings. The van der Waals surface area contributed by atoms with Gasteiger partial charge in [-0.05, 0) is 30.2 Å². The molecule has 8 heteroatoms. The third-order valence-corrected chi connectivity index (χ3v) is 6.24. The van der Waals surface area contributed by atoms with Crippen molar-refractivity contribution >= 4 is 31.6 Å². The van der Waals surface area contributed by atoms with Crippen LogP contribution in [0.5, 0.6) is 17.2 Å². The summed E-state index contributed by atoms with van der Waals surface area (Å²) in [5, 5.41) is 0.645. The average Bonchev–Trinajstić information content (AvgIpc) is 2.79. The van der Waals surface area contributed by atoms with Gasteiger partial charge in [0.15, 0.2) is 11.5 Å². The highest BCUT2D eigenvalue weighted by Crippen LogP contribution is 2.41. The lowest BCUT2D eigenvalue weighted by molar-refractivity contribution is 0.324. The van der Waals surface area contributed by atoms with Crippen molar-refractivity contribution in [2.75, 3.05) is 21.3 Å². The lowest BCUT2D eigenvalue weighted by Crippen LogP contribution is -2.28. The van der Waals surface area contributed by atoms with E-state index in [0.717, 1.165) is 4.70 Å². The smallest absolute Gasteiger partial charge is 0.266 e. The predicted molar refractivity (Wildman–Crippen MR) is 128 cm³/mol. The van der Waals surface area contributed by atoms with E-state index in [-0.39, 0.29) is 22.3 Å². The SMILES string of the molecule is COc1cc(-c2nc3sc4ccccc4c(=O)c3c(=O)n2CC(C)C)cc(OC)c1OC. The van der Waals surface area contributed by atoms with Gasteiger partial charge in [-0.3, -0.25) is 14.2 Å². The van der Waals surface area contributed by atoms with Crippen LogP contribution in [0.25, 0.3) is 31.7 Å². The van der Waals surface area contributed by atoms with Gasteiger partial charge in [-0.2, -0.15) is 0 Å². The van der Waals surface area contributed by atoms with Crippen molar-refractivity contribution in [1.82, 2.24) is 9.55 Å². The zero-order chi connectivity index (χ0) is 23.0. The van der Waals surface area contributed by atoms with Crippen LogP contribution in [0.4, 0.5) is 0 Å². The van der Waals surface area contributed by atoms with Gasteiger partial charge in [0.1, 0.15) is 16.0 Å². The Morgan fingerprint density at radius 2 is 1.66 bits per heavy atom. The average molecular weight is 453 g/mol. The van der Waals surface area contributed by atoms with Gasteiger partial charge < -0.3 is 14.2 Å². The molecule has 0 bridgehead atoms. The van der Waals surface area contributed by atoms with Crippen LogP contribution in [0.2, 0.25) is 0 Å². The summed E-state index contributed by atoms with van der Waals surface area (Å²) < 4.78 is 18.8. The number of nitrogens with zero attached hydrogens (tertiary/aromatic N) is 2. The van der Waals surface area contributed by atoms with E-state index in [1.807, 2.05) is 26.0 Å². The Morgan fingerprint density at radius 1 is 1.00 bits per heavy atom. The van der Waals surface area contributed by atoms with E-state index in [2.05, 4.69) is 0 Å². The van der Waals surface area contributed by atoms with Crippen molar-refractivity contribution in [1.29, 1.82) is 0 Å². The molecule has 0 amide bonds. The maximum Gasteiger partial charge on any atom is 0.266 e. The summed E-state index contributed by atoms with van der Waals surface area (Å²) >= 11 is 1.33. The highest BCUT2D eigenvalue weighted by atomic mass is 32.1. The Kier molecular flexibility index (Phi) is 5.88. The predicted octanol–water partition coefficient (Wildman–Crippen LogP) is 4.32. The van der Waals surface area contributed by atoms with Gasteiger partial charge in [-0.1, -0.05) is 26.0 Å². The molecule has 0 aliphatic heterocycles. The number of hydrogen-bond acceptors (Lipinski definition) is 7. The van der Waals surface area contributed by atoms with E-state index < -0.39 is 0 Å². The Labute approximate surface area is 188 Å². The first-order valence-electron chi connectivity index (χ1n) is 10.2. The minimum absolute atomic E-state index is 0.116. The van der Waals surface area contributed by atoms with Crippen molar-refractivity contribution in [3.63, 3.8) is 0 Å². The molecular weight excluding hydrogens is 428 g/mol. The summed E-state index contributed by atoms with van der Waals surface area (Å²) in [5.74, 6) is 1.97. The molecule has 2 aromatic heterocycles. The minimum Gasteiger partial charge on any atom is -0.493 e. The van der Waals surface area contributed by atoms with Crippen LogP contribution < -0.4 is 25.2 Å². The fourth-order valence-corrected chi connectivity index (χ4v) is 4.79. The monoisotopic (exact) mass is 452 g/mol. The molecule has 2 aromatic carbocycles. The molecule has 32 heavy (non-hydrogen) atoms. The van der Waals surface area contributed by atoms with Crippen LogP contribution >= 0.6 is 11.3 Å². The van der Waals surface area contributed by atoms with Gasteiger partial charge in [-0.15, -0.1) is 11.3 Å². The molecule has 7 nitrogen and oxygen atoms in total. The molecule has 0 fully saturated rings. The molecule has 0 unspecified atom stereocenters. The van der Waals surface area contributed by atoms with Gasteiger partial charge >= 0.3 is 0 Å². The lowest BCUT2D eigenvalue weighted by atomic mass is 10.1. The molecule has 0 N–H and O–H groups in total. The van der Waals surface area contributed by atoms with Crippen LogP contribution in [-0.4, -0.2) is 30.9 Å². The normalized spacial score (nSPS) is 11.3. The zero-order valence-corrected chi connectivity index (χ0v) is 19.4. The third kappa shape index (κ3) is 3.60. The van der Waals surface area contributed by atoms with Crippen LogP contribution in [0.3, 0.4) is 0 Å². The first-order chi connectivity index (χ1) is 15.4.